The Kier molecular flexibility index (Phi) is 4.60. The molecule has 0 saturated heterocycles. The largest absolute Gasteiger partial charge is 0.456 e. The van der Waals surface area contributed by atoms with Gasteiger partial charge in [0.15, 0.2) is 0 Å². The van der Waals surface area contributed by atoms with Crippen molar-refractivity contribution >= 4 is 99.1 Å². The van der Waals surface area contributed by atoms with E-state index >= 15 is 0 Å². The molecule has 0 radical (unpaired) electrons. The van der Waals surface area contributed by atoms with E-state index in [0.29, 0.717) is 5.95 Å². The predicted molar refractivity (Wildman–Crippen MR) is 195 cm³/mol. The van der Waals surface area contributed by atoms with Crippen LogP contribution in [0, 0.1) is 0 Å². The third-order valence-electron chi connectivity index (χ3n) is 9.98. The SMILES string of the molecule is c1ccc2c(c1)Sc1cccc3nc(-n4c5ccccc5c5c6oc7ccccc7c6c6c(ccc7oc8ccccc8c76)c54)nc-2c13. The van der Waals surface area contributed by atoms with E-state index in [-0.39, 0.29) is 0 Å². The van der Waals surface area contributed by atoms with Gasteiger partial charge < -0.3 is 8.83 Å². The van der Waals surface area contributed by atoms with Crippen molar-refractivity contribution in [3.8, 4) is 17.2 Å². The smallest absolute Gasteiger partial charge is 0.235 e. The number of nitrogens with zero attached hydrogens (tertiary/aromatic N) is 3. The molecule has 0 N–H and O–H groups in total. The molecule has 1 aliphatic rings. The second kappa shape index (κ2) is 8.82. The van der Waals surface area contributed by atoms with E-state index in [1.165, 1.54) is 9.79 Å². The maximum atomic E-state index is 6.87. The summed E-state index contributed by atoms with van der Waals surface area (Å²) in [5.74, 6) is 0.636. The molecule has 6 heteroatoms. The highest BCUT2D eigenvalue weighted by Crippen LogP contribution is 2.50. The Morgan fingerprint density at radius 3 is 2.10 bits per heavy atom. The summed E-state index contributed by atoms with van der Waals surface area (Å²) in [7, 11) is 0. The molecule has 0 amide bonds. The number of hydrogen-bond donors (Lipinski definition) is 0. The maximum Gasteiger partial charge on any atom is 0.235 e. The van der Waals surface area contributed by atoms with E-state index < -0.39 is 0 Å². The van der Waals surface area contributed by atoms with Gasteiger partial charge in [0.1, 0.15) is 22.3 Å². The van der Waals surface area contributed by atoms with Crippen molar-refractivity contribution in [2.75, 3.05) is 0 Å². The second-order valence-electron chi connectivity index (χ2n) is 12.5. The lowest BCUT2D eigenvalue weighted by atomic mass is 9.96. The van der Waals surface area contributed by atoms with Crippen LogP contribution in [0.25, 0.3) is 105 Å². The first kappa shape index (κ1) is 25.0. The van der Waals surface area contributed by atoms with E-state index in [1.807, 2.05) is 18.2 Å². The summed E-state index contributed by atoms with van der Waals surface area (Å²) in [6.45, 7) is 0. The molecule has 0 aliphatic carbocycles. The molecule has 11 aromatic rings. The average Bonchev–Trinajstić information content (AvgIpc) is 3.81. The van der Waals surface area contributed by atoms with Gasteiger partial charge in [0.2, 0.25) is 5.95 Å². The van der Waals surface area contributed by atoms with Gasteiger partial charge in [-0.1, -0.05) is 90.6 Å². The van der Waals surface area contributed by atoms with E-state index in [2.05, 4.69) is 114 Å². The summed E-state index contributed by atoms with van der Waals surface area (Å²) in [5, 5.41) is 9.81. The first-order valence-electron chi connectivity index (χ1n) is 16.0. The first-order valence-corrected chi connectivity index (χ1v) is 16.8. The Hall–Kier alpha value is -6.11. The zero-order valence-corrected chi connectivity index (χ0v) is 26.0. The van der Waals surface area contributed by atoms with Crippen molar-refractivity contribution in [1.82, 2.24) is 14.5 Å². The second-order valence-corrected chi connectivity index (χ2v) is 13.5. The van der Waals surface area contributed by atoms with Crippen LogP contribution in [0.4, 0.5) is 0 Å². The topological polar surface area (TPSA) is 57.0 Å². The van der Waals surface area contributed by atoms with Crippen molar-refractivity contribution in [3.63, 3.8) is 0 Å². The highest BCUT2D eigenvalue weighted by molar-refractivity contribution is 7.99. The Balaban J connectivity index is 1.35. The van der Waals surface area contributed by atoms with Crippen molar-refractivity contribution in [1.29, 1.82) is 0 Å². The summed E-state index contributed by atoms with van der Waals surface area (Å²) < 4.78 is 15.6. The fraction of sp³-hybridized carbons (Fsp3) is 0. The molecule has 0 saturated carbocycles. The molecule has 0 atom stereocenters. The molecule has 4 aromatic heterocycles. The molecule has 0 fully saturated rings. The minimum absolute atomic E-state index is 0.636. The summed E-state index contributed by atoms with van der Waals surface area (Å²) in [6, 6.07) is 44.4. The van der Waals surface area contributed by atoms with E-state index in [1.54, 1.807) is 11.8 Å². The zero-order chi connectivity index (χ0) is 31.1. The third kappa shape index (κ3) is 3.04. The average molecular weight is 632 g/mol. The summed E-state index contributed by atoms with van der Waals surface area (Å²) in [6.07, 6.45) is 0. The molecule has 7 aromatic carbocycles. The molecule has 1 aliphatic heterocycles. The van der Waals surface area contributed by atoms with Gasteiger partial charge in [0.25, 0.3) is 0 Å². The number of hydrogen-bond acceptors (Lipinski definition) is 5. The Labute approximate surface area is 276 Å². The minimum Gasteiger partial charge on any atom is -0.456 e. The molecule has 0 spiro atoms. The van der Waals surface area contributed by atoms with Crippen LogP contribution in [-0.4, -0.2) is 14.5 Å². The van der Waals surface area contributed by atoms with Crippen molar-refractivity contribution in [2.24, 2.45) is 0 Å². The highest BCUT2D eigenvalue weighted by Gasteiger charge is 2.28. The van der Waals surface area contributed by atoms with Crippen LogP contribution in [0.3, 0.4) is 0 Å². The van der Waals surface area contributed by atoms with Crippen LogP contribution in [-0.2, 0) is 0 Å². The maximum absolute atomic E-state index is 6.87. The Bertz CT molecular complexity index is 3220. The number of aromatic nitrogens is 3. The first-order chi connectivity index (χ1) is 23.8. The molecular weight excluding hydrogens is 611 g/mol. The van der Waals surface area contributed by atoms with Gasteiger partial charge in [0, 0.05) is 58.4 Å². The van der Waals surface area contributed by atoms with E-state index in [9.17, 15) is 0 Å². The van der Waals surface area contributed by atoms with Crippen LogP contribution in [0.2, 0.25) is 0 Å². The zero-order valence-electron chi connectivity index (χ0n) is 25.2. The van der Waals surface area contributed by atoms with Gasteiger partial charge in [-0.05, 0) is 48.5 Å². The number of furan rings is 2. The predicted octanol–water partition coefficient (Wildman–Crippen LogP) is 11.8. The van der Waals surface area contributed by atoms with Gasteiger partial charge in [-0.15, -0.1) is 0 Å². The van der Waals surface area contributed by atoms with Crippen LogP contribution in [0.5, 0.6) is 0 Å². The lowest BCUT2D eigenvalue weighted by molar-refractivity contribution is 0.669. The third-order valence-corrected chi connectivity index (χ3v) is 11.1. The quantitative estimate of drug-likeness (QED) is 0.180. The van der Waals surface area contributed by atoms with Gasteiger partial charge >= 0.3 is 0 Å². The van der Waals surface area contributed by atoms with Crippen LogP contribution < -0.4 is 0 Å². The van der Waals surface area contributed by atoms with Crippen molar-refractivity contribution < 1.29 is 8.83 Å². The summed E-state index contributed by atoms with van der Waals surface area (Å²) in [4.78, 5) is 13.1. The molecule has 48 heavy (non-hydrogen) atoms. The standard InChI is InChI=1S/C42H21N3O2S/c1-5-15-28-22(10-1)37-40(45(28)42-43-27-14-9-19-33-38(27)39(44-42)25-13-4-8-18-32(25)48-33)26-20-21-31-34(23-11-2-6-16-29(23)46-31)35(26)36-24-12-3-7-17-30(24)47-41(36)37/h1-21H. The molecule has 222 valence electrons. The fourth-order valence-electron chi connectivity index (χ4n) is 8.06. The van der Waals surface area contributed by atoms with Gasteiger partial charge in [-0.3, -0.25) is 4.57 Å². The minimum atomic E-state index is 0.636. The van der Waals surface area contributed by atoms with Crippen molar-refractivity contribution in [2.45, 2.75) is 9.79 Å². The summed E-state index contributed by atoms with van der Waals surface area (Å²) in [5.41, 5.74) is 8.50. The number of benzene rings is 7. The Morgan fingerprint density at radius 2 is 1.21 bits per heavy atom. The monoisotopic (exact) mass is 631 g/mol. The molecule has 12 rings (SSSR count). The number of para-hydroxylation sites is 3. The molecule has 0 bridgehead atoms. The highest BCUT2D eigenvalue weighted by atomic mass is 32.2. The van der Waals surface area contributed by atoms with Crippen LogP contribution in [0.1, 0.15) is 0 Å². The van der Waals surface area contributed by atoms with Crippen LogP contribution >= 0.6 is 11.8 Å². The van der Waals surface area contributed by atoms with Crippen LogP contribution in [0.15, 0.2) is 146 Å². The van der Waals surface area contributed by atoms with Gasteiger partial charge in [-0.2, -0.15) is 0 Å². The summed E-state index contributed by atoms with van der Waals surface area (Å²) >= 11 is 1.78. The molecular formula is C42H21N3O2S. The fourth-order valence-corrected chi connectivity index (χ4v) is 9.17. The van der Waals surface area contributed by atoms with Gasteiger partial charge in [0.05, 0.1) is 27.6 Å². The lowest BCUT2D eigenvalue weighted by Crippen LogP contribution is -2.06. The lowest BCUT2D eigenvalue weighted by Gasteiger charge is -2.20. The number of rotatable bonds is 1. The number of fused-ring (bicyclic) bond motifs is 16. The van der Waals surface area contributed by atoms with E-state index in [4.69, 9.17) is 18.8 Å². The van der Waals surface area contributed by atoms with Gasteiger partial charge in [-0.25, -0.2) is 9.97 Å². The van der Waals surface area contributed by atoms with E-state index in [0.717, 1.165) is 98.6 Å². The normalized spacial score (nSPS) is 12.9. The molecule has 0 unspecified atom stereocenters. The Morgan fingerprint density at radius 1 is 0.479 bits per heavy atom. The molecule has 5 heterocycles. The van der Waals surface area contributed by atoms with Crippen molar-refractivity contribution in [3.05, 3.63) is 127 Å². The molecule has 5 nitrogen and oxygen atoms in total.